The van der Waals surface area contributed by atoms with Gasteiger partial charge in [-0.3, -0.25) is 0 Å². The highest BCUT2D eigenvalue weighted by atomic mass is 15.1. The molecule has 1 heterocycles. The van der Waals surface area contributed by atoms with E-state index in [0.717, 1.165) is 12.4 Å². The van der Waals surface area contributed by atoms with Gasteiger partial charge in [-0.1, -0.05) is 26.8 Å². The molecule has 0 fully saturated rings. The third-order valence-electron chi connectivity index (χ3n) is 2.29. The Morgan fingerprint density at radius 3 is 2.82 bits per heavy atom. The second-order valence-corrected chi connectivity index (χ2v) is 3.66. The maximum atomic E-state index is 2.55. The summed E-state index contributed by atoms with van der Waals surface area (Å²) in [5.74, 6) is 3.11. The van der Waals surface area contributed by atoms with Gasteiger partial charge in [-0.2, -0.15) is 0 Å². The van der Waals surface area contributed by atoms with E-state index in [1.54, 1.807) is 0 Å². The van der Waals surface area contributed by atoms with Crippen LogP contribution in [-0.2, 0) is 0 Å². The Hall–Kier alpha value is -0.235. The third kappa shape index (κ3) is 2.09. The van der Waals surface area contributed by atoms with E-state index in [2.05, 4.69) is 37.6 Å². The van der Waals surface area contributed by atoms with Gasteiger partial charge >= 0.3 is 0 Å². The summed E-state index contributed by atoms with van der Waals surface area (Å²) in [6, 6.07) is 0. The fourth-order valence-corrected chi connectivity index (χ4v) is 1.75. The zero-order chi connectivity index (χ0) is 8.27. The molecule has 0 amide bonds. The summed E-state index contributed by atoms with van der Waals surface area (Å²) in [4.78, 5) is 2.55. The summed E-state index contributed by atoms with van der Waals surface area (Å²) < 4.78 is 0. The summed E-state index contributed by atoms with van der Waals surface area (Å²) in [6.07, 6.45) is 3.56. The van der Waals surface area contributed by atoms with Gasteiger partial charge in [0.25, 0.3) is 6.85 Å². The molecular weight excluding hydrogens is 133 g/mol. The van der Waals surface area contributed by atoms with Crippen LogP contribution in [0.5, 0.6) is 0 Å². The van der Waals surface area contributed by atoms with Crippen LogP contribution in [0.15, 0.2) is 12.1 Å². The van der Waals surface area contributed by atoms with Crippen molar-refractivity contribution in [2.45, 2.75) is 33.0 Å². The lowest BCUT2D eigenvalue weighted by molar-refractivity contribution is 0.480. The van der Waals surface area contributed by atoms with Crippen LogP contribution in [0.1, 0.15) is 27.2 Å². The molecule has 0 unspecified atom stereocenters. The number of hydrogen-bond acceptors (Lipinski definition) is 1. The van der Waals surface area contributed by atoms with Gasteiger partial charge < -0.3 is 4.81 Å². The molecule has 0 atom stereocenters. The highest BCUT2D eigenvalue weighted by Crippen LogP contribution is 2.17. The number of rotatable bonds is 3. The quantitative estimate of drug-likeness (QED) is 0.559. The molecule has 0 N–H and O–H groups in total. The first-order valence-electron chi connectivity index (χ1n) is 4.66. The van der Waals surface area contributed by atoms with Crippen LogP contribution in [0.2, 0.25) is 5.82 Å². The molecule has 0 saturated heterocycles. The van der Waals surface area contributed by atoms with Crippen LogP contribution in [0.3, 0.4) is 0 Å². The van der Waals surface area contributed by atoms with E-state index in [0.29, 0.717) is 6.85 Å². The average molecular weight is 151 g/mol. The highest BCUT2D eigenvalue weighted by Gasteiger charge is 2.25. The van der Waals surface area contributed by atoms with Crippen molar-refractivity contribution in [2.75, 3.05) is 13.1 Å². The van der Waals surface area contributed by atoms with Crippen molar-refractivity contribution >= 4 is 6.85 Å². The van der Waals surface area contributed by atoms with Gasteiger partial charge in [0.1, 0.15) is 0 Å². The minimum atomic E-state index is 0.704. The molecule has 0 saturated carbocycles. The van der Waals surface area contributed by atoms with Gasteiger partial charge in [-0.15, -0.1) is 5.98 Å². The maximum Gasteiger partial charge on any atom is 0.252 e. The van der Waals surface area contributed by atoms with Crippen molar-refractivity contribution in [3.63, 3.8) is 0 Å². The fourth-order valence-electron chi connectivity index (χ4n) is 1.75. The molecule has 1 nitrogen and oxygen atoms in total. The Labute approximate surface area is 70.6 Å². The van der Waals surface area contributed by atoms with Crippen LogP contribution in [-0.4, -0.2) is 24.7 Å². The largest absolute Gasteiger partial charge is 0.335 e. The molecule has 2 heteroatoms. The molecule has 1 aliphatic rings. The van der Waals surface area contributed by atoms with Gasteiger partial charge in [-0.25, -0.2) is 0 Å². The van der Waals surface area contributed by atoms with Crippen molar-refractivity contribution in [3.8, 4) is 0 Å². The van der Waals surface area contributed by atoms with Gasteiger partial charge in [0.05, 0.1) is 0 Å². The van der Waals surface area contributed by atoms with Crippen molar-refractivity contribution < 1.29 is 0 Å². The molecule has 11 heavy (non-hydrogen) atoms. The predicted molar refractivity (Wildman–Crippen MR) is 51.9 cm³/mol. The Morgan fingerprint density at radius 1 is 1.55 bits per heavy atom. The average Bonchev–Trinajstić information content (AvgIpc) is 2.36. The lowest BCUT2D eigenvalue weighted by Gasteiger charge is -2.23. The SMILES string of the molecule is CCCN1CC=CB1C(C)C. The second-order valence-electron chi connectivity index (χ2n) is 3.66. The summed E-state index contributed by atoms with van der Waals surface area (Å²) in [7, 11) is 0. The summed E-state index contributed by atoms with van der Waals surface area (Å²) in [6.45, 7) is 9.95. The number of nitrogens with zero attached hydrogens (tertiary/aromatic N) is 1. The monoisotopic (exact) mass is 151 g/mol. The molecule has 62 valence electrons. The summed E-state index contributed by atoms with van der Waals surface area (Å²) in [5.41, 5.74) is 0. The van der Waals surface area contributed by atoms with E-state index in [1.807, 2.05) is 0 Å². The minimum Gasteiger partial charge on any atom is -0.335 e. The topological polar surface area (TPSA) is 3.24 Å². The zero-order valence-electron chi connectivity index (χ0n) is 7.88. The molecule has 0 spiro atoms. The van der Waals surface area contributed by atoms with Gasteiger partial charge in [-0.05, 0) is 18.8 Å². The smallest absolute Gasteiger partial charge is 0.252 e. The van der Waals surface area contributed by atoms with E-state index in [-0.39, 0.29) is 0 Å². The first-order chi connectivity index (χ1) is 5.25. The second kappa shape index (κ2) is 3.96. The molecule has 0 aromatic carbocycles. The Balaban J connectivity index is 2.42. The molecular formula is C9H18BN. The van der Waals surface area contributed by atoms with Gasteiger partial charge in [0.15, 0.2) is 0 Å². The summed E-state index contributed by atoms with van der Waals surface area (Å²) >= 11 is 0. The first-order valence-corrected chi connectivity index (χ1v) is 4.66. The molecule has 0 aliphatic carbocycles. The van der Waals surface area contributed by atoms with Crippen LogP contribution >= 0.6 is 0 Å². The summed E-state index contributed by atoms with van der Waals surface area (Å²) in [5, 5.41) is 0. The number of hydrogen-bond donors (Lipinski definition) is 0. The first kappa shape index (κ1) is 8.86. The Bertz CT molecular complexity index is 142. The zero-order valence-corrected chi connectivity index (χ0v) is 7.88. The lowest BCUT2D eigenvalue weighted by Crippen LogP contribution is -2.36. The maximum absolute atomic E-state index is 2.55. The molecule has 0 aromatic rings. The predicted octanol–water partition coefficient (Wildman–Crippen LogP) is 2.21. The lowest BCUT2D eigenvalue weighted by atomic mass is 9.52. The van der Waals surface area contributed by atoms with Crippen LogP contribution in [0, 0.1) is 0 Å². The normalized spacial score (nSPS) is 18.7. The van der Waals surface area contributed by atoms with E-state index >= 15 is 0 Å². The van der Waals surface area contributed by atoms with Crippen molar-refractivity contribution in [3.05, 3.63) is 12.1 Å². The molecule has 1 rings (SSSR count). The molecule has 1 aliphatic heterocycles. The van der Waals surface area contributed by atoms with E-state index < -0.39 is 0 Å². The standard InChI is InChI=1S/C9H18BN/c1-4-7-11-8-5-6-10(11)9(2)3/h5-6,9H,4,7-8H2,1-3H3. The van der Waals surface area contributed by atoms with Crippen LogP contribution in [0.4, 0.5) is 0 Å². The third-order valence-corrected chi connectivity index (χ3v) is 2.29. The van der Waals surface area contributed by atoms with Gasteiger partial charge in [0.2, 0.25) is 0 Å². The van der Waals surface area contributed by atoms with Crippen LogP contribution < -0.4 is 0 Å². The van der Waals surface area contributed by atoms with Gasteiger partial charge in [0, 0.05) is 6.54 Å². The van der Waals surface area contributed by atoms with Crippen molar-refractivity contribution in [1.29, 1.82) is 0 Å². The fraction of sp³-hybridized carbons (Fsp3) is 0.778. The molecule has 0 aromatic heterocycles. The molecule has 0 radical (unpaired) electrons. The van der Waals surface area contributed by atoms with Crippen LogP contribution in [0.25, 0.3) is 0 Å². The van der Waals surface area contributed by atoms with E-state index in [1.165, 1.54) is 13.0 Å². The van der Waals surface area contributed by atoms with E-state index in [9.17, 15) is 0 Å². The highest BCUT2D eigenvalue weighted by molar-refractivity contribution is 6.63. The molecule has 0 bridgehead atoms. The minimum absolute atomic E-state index is 0.704. The van der Waals surface area contributed by atoms with Crippen molar-refractivity contribution in [2.24, 2.45) is 0 Å². The Kier molecular flexibility index (Phi) is 3.19. The van der Waals surface area contributed by atoms with E-state index in [4.69, 9.17) is 0 Å². The Morgan fingerprint density at radius 2 is 2.27 bits per heavy atom. The van der Waals surface area contributed by atoms with Crippen molar-refractivity contribution in [1.82, 2.24) is 4.81 Å².